The molecule has 0 spiro atoms. The summed E-state index contributed by atoms with van der Waals surface area (Å²) in [7, 11) is 0. The lowest BCUT2D eigenvalue weighted by atomic mass is 10.1. The summed E-state index contributed by atoms with van der Waals surface area (Å²) in [5, 5.41) is 1.14. The van der Waals surface area contributed by atoms with E-state index in [1.54, 1.807) is 13.1 Å². The van der Waals surface area contributed by atoms with Gasteiger partial charge in [0.25, 0.3) is 0 Å². The summed E-state index contributed by atoms with van der Waals surface area (Å²) in [6, 6.07) is 10.0. The predicted molar refractivity (Wildman–Crippen MR) is 78.3 cm³/mol. The number of ketones is 1. The Morgan fingerprint density at radius 1 is 1.25 bits per heavy atom. The molecule has 0 amide bonds. The molecule has 20 heavy (non-hydrogen) atoms. The first-order chi connectivity index (χ1) is 9.74. The van der Waals surface area contributed by atoms with E-state index in [0.717, 1.165) is 22.2 Å². The zero-order valence-corrected chi connectivity index (χ0v) is 11.3. The van der Waals surface area contributed by atoms with Gasteiger partial charge in [-0.1, -0.05) is 18.2 Å². The molecule has 0 fully saturated rings. The zero-order chi connectivity index (χ0) is 13.9. The van der Waals surface area contributed by atoms with Crippen molar-refractivity contribution in [2.75, 3.05) is 0 Å². The van der Waals surface area contributed by atoms with Gasteiger partial charge in [-0.3, -0.25) is 0 Å². The van der Waals surface area contributed by atoms with Gasteiger partial charge in [0.05, 0.1) is 5.69 Å². The molecule has 100 valence electrons. The normalized spacial score (nSPS) is 10.8. The second-order valence-electron chi connectivity index (χ2n) is 4.81. The van der Waals surface area contributed by atoms with Gasteiger partial charge in [0.1, 0.15) is 11.6 Å². The minimum atomic E-state index is 0.158. The number of carbonyl (C=O) groups is 1. The van der Waals surface area contributed by atoms with Crippen molar-refractivity contribution in [3.8, 4) is 11.3 Å². The van der Waals surface area contributed by atoms with Gasteiger partial charge in [-0.25, -0.2) is 9.97 Å². The Morgan fingerprint density at radius 2 is 2.10 bits per heavy atom. The molecule has 3 aromatic rings. The number of hydrogen-bond acceptors (Lipinski definition) is 3. The highest BCUT2D eigenvalue weighted by Gasteiger charge is 2.08. The molecule has 2 heterocycles. The van der Waals surface area contributed by atoms with E-state index in [9.17, 15) is 4.79 Å². The highest BCUT2D eigenvalue weighted by atomic mass is 16.1. The minimum absolute atomic E-state index is 0.158. The standard InChI is InChI=1S/C16H15N3O/c1-11(20)6-7-16-17-9-8-15(19-16)13-10-18-14-5-3-2-4-12(13)14/h2-5,8-10,18H,6-7H2,1H3. The predicted octanol–water partition coefficient (Wildman–Crippen LogP) is 3.15. The fraction of sp³-hybridized carbons (Fsp3) is 0.188. The lowest BCUT2D eigenvalue weighted by Crippen LogP contribution is -2.00. The number of aromatic nitrogens is 3. The summed E-state index contributed by atoms with van der Waals surface area (Å²) >= 11 is 0. The Labute approximate surface area is 116 Å². The first-order valence-corrected chi connectivity index (χ1v) is 6.62. The first kappa shape index (κ1) is 12.5. The van der Waals surface area contributed by atoms with Crippen LogP contribution in [0.4, 0.5) is 0 Å². The molecule has 0 atom stereocenters. The van der Waals surface area contributed by atoms with E-state index in [1.807, 2.05) is 30.5 Å². The molecule has 0 radical (unpaired) electrons. The van der Waals surface area contributed by atoms with Crippen LogP contribution in [0, 0.1) is 0 Å². The van der Waals surface area contributed by atoms with Gasteiger partial charge in [-0.15, -0.1) is 0 Å². The van der Waals surface area contributed by atoms with Crippen molar-refractivity contribution in [1.82, 2.24) is 15.0 Å². The van der Waals surface area contributed by atoms with Crippen LogP contribution < -0.4 is 0 Å². The van der Waals surface area contributed by atoms with Crippen LogP contribution in [0.2, 0.25) is 0 Å². The van der Waals surface area contributed by atoms with Crippen LogP contribution in [0.15, 0.2) is 42.7 Å². The maximum atomic E-state index is 11.0. The second kappa shape index (κ2) is 5.25. The van der Waals surface area contributed by atoms with Crippen LogP contribution in [-0.2, 0) is 11.2 Å². The van der Waals surface area contributed by atoms with Gasteiger partial charge in [-0.05, 0) is 19.1 Å². The van der Waals surface area contributed by atoms with Crippen molar-refractivity contribution < 1.29 is 4.79 Å². The molecule has 3 rings (SSSR count). The Hall–Kier alpha value is -2.49. The van der Waals surface area contributed by atoms with Crippen molar-refractivity contribution in [1.29, 1.82) is 0 Å². The second-order valence-corrected chi connectivity index (χ2v) is 4.81. The molecular weight excluding hydrogens is 250 g/mol. The molecule has 4 heteroatoms. The molecule has 0 aliphatic rings. The number of benzene rings is 1. The van der Waals surface area contributed by atoms with Crippen molar-refractivity contribution in [2.24, 2.45) is 0 Å². The maximum Gasteiger partial charge on any atom is 0.130 e. The van der Waals surface area contributed by atoms with Gasteiger partial charge in [-0.2, -0.15) is 0 Å². The molecular formula is C16H15N3O. The zero-order valence-electron chi connectivity index (χ0n) is 11.3. The van der Waals surface area contributed by atoms with Crippen molar-refractivity contribution in [2.45, 2.75) is 19.8 Å². The summed E-state index contributed by atoms with van der Waals surface area (Å²) in [6.07, 6.45) is 4.78. The van der Waals surface area contributed by atoms with Crippen molar-refractivity contribution in [3.05, 3.63) is 48.5 Å². The highest BCUT2D eigenvalue weighted by molar-refractivity contribution is 5.94. The Balaban J connectivity index is 1.97. The molecule has 0 bridgehead atoms. The number of aromatic amines is 1. The van der Waals surface area contributed by atoms with Gasteiger partial charge in [0, 0.05) is 41.7 Å². The number of aryl methyl sites for hydroxylation is 1. The maximum absolute atomic E-state index is 11.0. The molecule has 0 aliphatic carbocycles. The number of hydrogen-bond donors (Lipinski definition) is 1. The number of nitrogens with one attached hydrogen (secondary N) is 1. The Bertz CT molecular complexity index is 761. The largest absolute Gasteiger partial charge is 0.360 e. The molecule has 2 aromatic heterocycles. The van der Waals surface area contributed by atoms with E-state index in [0.29, 0.717) is 18.7 Å². The van der Waals surface area contributed by atoms with E-state index in [-0.39, 0.29) is 5.78 Å². The van der Waals surface area contributed by atoms with Crippen LogP contribution in [0.3, 0.4) is 0 Å². The van der Waals surface area contributed by atoms with Crippen LogP contribution >= 0.6 is 0 Å². The summed E-state index contributed by atoms with van der Waals surface area (Å²) in [5.74, 6) is 0.870. The molecule has 1 aromatic carbocycles. The van der Waals surface area contributed by atoms with Crippen molar-refractivity contribution >= 4 is 16.7 Å². The molecule has 0 unspecified atom stereocenters. The number of rotatable bonds is 4. The third-order valence-electron chi connectivity index (χ3n) is 3.27. The van der Waals surface area contributed by atoms with Crippen LogP contribution in [0.1, 0.15) is 19.2 Å². The Kier molecular flexibility index (Phi) is 3.29. The smallest absolute Gasteiger partial charge is 0.130 e. The van der Waals surface area contributed by atoms with E-state index < -0.39 is 0 Å². The SMILES string of the molecule is CC(=O)CCc1nccc(-c2c[nH]c3ccccc23)n1. The lowest BCUT2D eigenvalue weighted by molar-refractivity contribution is -0.117. The summed E-state index contributed by atoms with van der Waals surface area (Å²) in [6.45, 7) is 1.59. The third-order valence-corrected chi connectivity index (χ3v) is 3.27. The monoisotopic (exact) mass is 265 g/mol. The summed E-state index contributed by atoms with van der Waals surface area (Å²) < 4.78 is 0. The van der Waals surface area contributed by atoms with Gasteiger partial charge >= 0.3 is 0 Å². The molecule has 4 nitrogen and oxygen atoms in total. The van der Waals surface area contributed by atoms with Gasteiger partial charge in [0.15, 0.2) is 0 Å². The number of nitrogens with zero attached hydrogens (tertiary/aromatic N) is 2. The van der Waals surface area contributed by atoms with E-state index in [1.165, 1.54) is 0 Å². The van der Waals surface area contributed by atoms with Crippen LogP contribution in [-0.4, -0.2) is 20.7 Å². The van der Waals surface area contributed by atoms with Crippen LogP contribution in [0.5, 0.6) is 0 Å². The number of H-pyrrole nitrogens is 1. The molecule has 0 aliphatic heterocycles. The van der Waals surface area contributed by atoms with Gasteiger partial charge < -0.3 is 9.78 Å². The highest BCUT2D eigenvalue weighted by Crippen LogP contribution is 2.26. The fourth-order valence-electron chi connectivity index (χ4n) is 2.24. The summed E-state index contributed by atoms with van der Waals surface area (Å²) in [4.78, 5) is 23.1. The number of para-hydroxylation sites is 1. The summed E-state index contributed by atoms with van der Waals surface area (Å²) in [5.41, 5.74) is 3.04. The van der Waals surface area contributed by atoms with Crippen molar-refractivity contribution in [3.63, 3.8) is 0 Å². The first-order valence-electron chi connectivity index (χ1n) is 6.62. The fourth-order valence-corrected chi connectivity index (χ4v) is 2.24. The number of Topliss-reactive ketones (excluding diaryl/α,β-unsaturated/α-hetero) is 1. The number of fused-ring (bicyclic) bond motifs is 1. The molecule has 0 saturated heterocycles. The number of carbonyl (C=O) groups excluding carboxylic acids is 1. The Morgan fingerprint density at radius 3 is 2.95 bits per heavy atom. The average Bonchev–Trinajstić information content (AvgIpc) is 2.89. The molecule has 1 N–H and O–H groups in total. The van der Waals surface area contributed by atoms with E-state index >= 15 is 0 Å². The average molecular weight is 265 g/mol. The van der Waals surface area contributed by atoms with E-state index in [2.05, 4.69) is 21.0 Å². The topological polar surface area (TPSA) is 58.6 Å². The van der Waals surface area contributed by atoms with Gasteiger partial charge in [0.2, 0.25) is 0 Å². The van der Waals surface area contributed by atoms with Crippen LogP contribution in [0.25, 0.3) is 22.2 Å². The molecule has 0 saturated carbocycles. The minimum Gasteiger partial charge on any atom is -0.360 e. The quantitative estimate of drug-likeness (QED) is 0.788. The van der Waals surface area contributed by atoms with E-state index in [4.69, 9.17) is 0 Å². The lowest BCUT2D eigenvalue weighted by Gasteiger charge is -2.02. The third kappa shape index (κ3) is 2.45.